The van der Waals surface area contributed by atoms with Crippen LogP contribution in [0.3, 0.4) is 0 Å². The lowest BCUT2D eigenvalue weighted by Crippen LogP contribution is -2.09. The highest BCUT2D eigenvalue weighted by Crippen LogP contribution is 2.24. The molecule has 0 saturated heterocycles. The lowest BCUT2D eigenvalue weighted by molar-refractivity contribution is 0.103. The summed E-state index contributed by atoms with van der Waals surface area (Å²) >= 11 is 6.22. The quantitative estimate of drug-likeness (QED) is 0.936. The molecule has 0 bridgehead atoms. The minimum Gasteiger partial charge on any atom is -0.297 e. The minimum atomic E-state index is -0.0912. The lowest BCUT2D eigenvalue weighted by atomic mass is 10.3. The summed E-state index contributed by atoms with van der Waals surface area (Å²) in [6.45, 7) is 2.07. The number of aromatic nitrogens is 1. The van der Waals surface area contributed by atoms with Crippen LogP contribution in [0, 0.1) is 0 Å². The highest BCUT2D eigenvalue weighted by atomic mass is 79.9. The van der Waals surface area contributed by atoms with Gasteiger partial charge in [0.2, 0.25) is 0 Å². The van der Waals surface area contributed by atoms with Crippen molar-refractivity contribution < 1.29 is 4.79 Å². The average Bonchev–Trinajstić information content (AvgIpc) is 2.87. The van der Waals surface area contributed by atoms with E-state index in [2.05, 4.69) is 33.2 Å². The fourth-order valence-corrected chi connectivity index (χ4v) is 3.11. The second-order valence-corrected chi connectivity index (χ2v) is 6.62. The molecule has 0 spiro atoms. The number of nitrogens with one attached hydrogen (secondary N) is 1. The second kappa shape index (κ2) is 5.07. The van der Waals surface area contributed by atoms with Crippen molar-refractivity contribution >= 4 is 49.6 Å². The van der Waals surface area contributed by atoms with E-state index in [1.54, 1.807) is 6.20 Å². The second-order valence-electron chi connectivity index (χ2n) is 3.04. The van der Waals surface area contributed by atoms with Gasteiger partial charge in [0.15, 0.2) is 5.13 Å². The van der Waals surface area contributed by atoms with Crippen LogP contribution < -0.4 is 5.32 Å². The Balaban J connectivity index is 2.08. The molecule has 0 aromatic carbocycles. The maximum Gasteiger partial charge on any atom is 0.267 e. The van der Waals surface area contributed by atoms with Gasteiger partial charge in [0.05, 0.1) is 14.9 Å². The summed E-state index contributed by atoms with van der Waals surface area (Å²) in [7, 11) is 0. The highest BCUT2D eigenvalue weighted by molar-refractivity contribution is 9.11. The maximum absolute atomic E-state index is 11.8. The first-order valence-corrected chi connectivity index (χ1v) is 7.13. The number of thiophene rings is 1. The summed E-state index contributed by atoms with van der Waals surface area (Å²) < 4.78 is 0.906. The third kappa shape index (κ3) is 2.69. The number of nitrogens with zero attached hydrogens (tertiary/aromatic N) is 1. The molecule has 0 aliphatic rings. The number of anilines is 1. The number of carbonyl (C=O) groups is 1. The molecule has 0 unspecified atom stereocenters. The molecule has 0 aliphatic heterocycles. The van der Waals surface area contributed by atoms with E-state index in [0.717, 1.165) is 15.1 Å². The number of hydrogen-bond donors (Lipinski definition) is 1. The Hall–Kier alpha value is -0.720. The zero-order chi connectivity index (χ0) is 11.5. The molecule has 84 valence electrons. The molecule has 0 radical (unpaired) electrons. The molecule has 2 aromatic heterocycles. The molecule has 2 rings (SSSR count). The molecule has 0 aliphatic carbocycles. The van der Waals surface area contributed by atoms with Gasteiger partial charge in [-0.25, -0.2) is 4.98 Å². The molecule has 16 heavy (non-hydrogen) atoms. The van der Waals surface area contributed by atoms with Crippen LogP contribution >= 0.6 is 38.6 Å². The average molecular weight is 317 g/mol. The van der Waals surface area contributed by atoms with E-state index < -0.39 is 0 Å². The molecule has 2 heterocycles. The van der Waals surface area contributed by atoms with Crippen LogP contribution in [-0.4, -0.2) is 10.9 Å². The summed E-state index contributed by atoms with van der Waals surface area (Å²) in [6.07, 6.45) is 2.63. The molecule has 0 atom stereocenters. The van der Waals surface area contributed by atoms with Gasteiger partial charge >= 0.3 is 0 Å². The number of rotatable bonds is 3. The third-order valence-corrected chi connectivity index (χ3v) is 4.55. The van der Waals surface area contributed by atoms with Crippen molar-refractivity contribution in [2.24, 2.45) is 0 Å². The third-order valence-electron chi connectivity index (χ3n) is 1.93. The minimum absolute atomic E-state index is 0.0912. The van der Waals surface area contributed by atoms with Gasteiger partial charge in [-0.1, -0.05) is 18.3 Å². The van der Waals surface area contributed by atoms with Crippen molar-refractivity contribution in [3.63, 3.8) is 0 Å². The van der Waals surface area contributed by atoms with Crippen LogP contribution in [-0.2, 0) is 6.42 Å². The molecule has 3 nitrogen and oxygen atoms in total. The van der Waals surface area contributed by atoms with Gasteiger partial charge in [-0.15, -0.1) is 11.3 Å². The largest absolute Gasteiger partial charge is 0.297 e. The van der Waals surface area contributed by atoms with E-state index in [1.165, 1.54) is 27.6 Å². The predicted octanol–water partition coefficient (Wildman–Crippen LogP) is 3.78. The van der Waals surface area contributed by atoms with E-state index in [4.69, 9.17) is 0 Å². The zero-order valence-corrected chi connectivity index (χ0v) is 11.7. The molecule has 0 saturated carbocycles. The topological polar surface area (TPSA) is 42.0 Å². The number of carbonyl (C=O) groups excluding carboxylic acids is 1. The van der Waals surface area contributed by atoms with Crippen molar-refractivity contribution in [2.75, 3.05) is 5.32 Å². The lowest BCUT2D eigenvalue weighted by Gasteiger charge is -1.97. The Morgan fingerprint density at radius 2 is 2.31 bits per heavy atom. The van der Waals surface area contributed by atoms with E-state index in [0.29, 0.717) is 5.13 Å². The van der Waals surface area contributed by atoms with Gasteiger partial charge in [0.25, 0.3) is 5.91 Å². The summed E-state index contributed by atoms with van der Waals surface area (Å²) in [4.78, 5) is 17.8. The van der Waals surface area contributed by atoms with Crippen molar-refractivity contribution in [1.29, 1.82) is 0 Å². The van der Waals surface area contributed by atoms with Crippen molar-refractivity contribution in [3.05, 3.63) is 31.9 Å². The Labute approximate surface area is 110 Å². The van der Waals surface area contributed by atoms with Crippen molar-refractivity contribution in [2.45, 2.75) is 13.3 Å². The maximum atomic E-state index is 11.8. The Morgan fingerprint density at radius 1 is 1.50 bits per heavy atom. The van der Waals surface area contributed by atoms with E-state index >= 15 is 0 Å². The molecule has 6 heteroatoms. The molecule has 1 N–H and O–H groups in total. The zero-order valence-electron chi connectivity index (χ0n) is 8.49. The van der Waals surface area contributed by atoms with Crippen molar-refractivity contribution in [3.8, 4) is 0 Å². The standard InChI is InChI=1S/C10H9BrN2OS2/c1-2-6-3-4-7(15-6)9(14)13-10-12-5-8(11)16-10/h3-5H,2H2,1H3,(H,12,13,14). The highest BCUT2D eigenvalue weighted by Gasteiger charge is 2.10. The number of amides is 1. The summed E-state index contributed by atoms with van der Waals surface area (Å²) in [5.74, 6) is -0.0912. The normalized spacial score (nSPS) is 10.4. The van der Waals surface area contributed by atoms with Crippen LogP contribution in [0.25, 0.3) is 0 Å². The van der Waals surface area contributed by atoms with Crippen LogP contribution in [0.15, 0.2) is 22.1 Å². The first-order valence-electron chi connectivity index (χ1n) is 4.70. The van der Waals surface area contributed by atoms with Crippen LogP contribution in [0.4, 0.5) is 5.13 Å². The van der Waals surface area contributed by atoms with Crippen LogP contribution in [0.1, 0.15) is 21.5 Å². The van der Waals surface area contributed by atoms with Crippen molar-refractivity contribution in [1.82, 2.24) is 4.98 Å². The predicted molar refractivity (Wildman–Crippen MR) is 71.5 cm³/mol. The monoisotopic (exact) mass is 316 g/mol. The Kier molecular flexibility index (Phi) is 3.73. The fraction of sp³-hybridized carbons (Fsp3) is 0.200. The van der Waals surface area contributed by atoms with Gasteiger partial charge in [-0.3, -0.25) is 10.1 Å². The summed E-state index contributed by atoms with van der Waals surface area (Å²) in [5.41, 5.74) is 0. The van der Waals surface area contributed by atoms with Gasteiger partial charge in [-0.05, 0) is 34.5 Å². The first kappa shape index (κ1) is 11.8. The van der Waals surface area contributed by atoms with Crippen LogP contribution in [0.2, 0.25) is 0 Å². The number of hydrogen-bond acceptors (Lipinski definition) is 4. The van der Waals surface area contributed by atoms with Gasteiger partial charge in [-0.2, -0.15) is 0 Å². The van der Waals surface area contributed by atoms with E-state index in [1.807, 2.05) is 12.1 Å². The number of thiazole rings is 1. The SMILES string of the molecule is CCc1ccc(C(=O)Nc2ncc(Br)s2)s1. The number of aryl methyl sites for hydroxylation is 1. The first-order chi connectivity index (χ1) is 7.69. The van der Waals surface area contributed by atoms with Gasteiger partial charge in [0.1, 0.15) is 0 Å². The molecular weight excluding hydrogens is 308 g/mol. The Bertz CT molecular complexity index is 506. The van der Waals surface area contributed by atoms with Gasteiger partial charge in [0, 0.05) is 4.88 Å². The summed E-state index contributed by atoms with van der Waals surface area (Å²) in [6, 6.07) is 3.83. The van der Waals surface area contributed by atoms with Crippen LogP contribution in [0.5, 0.6) is 0 Å². The molecule has 1 amide bonds. The smallest absolute Gasteiger partial charge is 0.267 e. The fourth-order valence-electron chi connectivity index (χ4n) is 1.16. The van der Waals surface area contributed by atoms with Gasteiger partial charge < -0.3 is 0 Å². The molecule has 0 fully saturated rings. The van der Waals surface area contributed by atoms with E-state index in [9.17, 15) is 4.79 Å². The molecule has 2 aromatic rings. The Morgan fingerprint density at radius 3 is 2.88 bits per heavy atom. The molecular formula is C10H9BrN2OS2. The van der Waals surface area contributed by atoms with E-state index in [-0.39, 0.29) is 5.91 Å². The number of halogens is 1. The summed E-state index contributed by atoms with van der Waals surface area (Å²) in [5, 5.41) is 3.38.